The van der Waals surface area contributed by atoms with Crippen LogP contribution in [-0.2, 0) is 17.4 Å². The number of nitriles is 1. The van der Waals surface area contributed by atoms with Crippen molar-refractivity contribution >= 4 is 28.4 Å². The Kier molecular flexibility index (Phi) is 6.52. The lowest BCUT2D eigenvalue weighted by atomic mass is 9.90. The van der Waals surface area contributed by atoms with Crippen LogP contribution in [0.4, 0.5) is 24.8 Å². The van der Waals surface area contributed by atoms with E-state index < -0.39 is 11.7 Å². The first-order valence-corrected chi connectivity index (χ1v) is 12.0. The average Bonchev–Trinajstić information content (AvgIpc) is 2.91. The van der Waals surface area contributed by atoms with E-state index >= 15 is 0 Å². The highest BCUT2D eigenvalue weighted by atomic mass is 19.4. The van der Waals surface area contributed by atoms with Crippen LogP contribution >= 0.6 is 0 Å². The number of fused-ring (bicyclic) bond motifs is 3. The predicted octanol–water partition coefficient (Wildman–Crippen LogP) is 3.73. The molecule has 2 aliphatic rings. The Morgan fingerprint density at radius 2 is 2.08 bits per heavy atom. The molecule has 0 saturated carbocycles. The first-order chi connectivity index (χ1) is 18.2. The van der Waals surface area contributed by atoms with Crippen LogP contribution in [0.1, 0.15) is 24.0 Å². The molecule has 1 atom stereocenters. The van der Waals surface area contributed by atoms with E-state index in [4.69, 9.17) is 10.5 Å². The maximum absolute atomic E-state index is 14.0. The van der Waals surface area contributed by atoms with Gasteiger partial charge in [-0.2, -0.15) is 18.4 Å². The highest BCUT2D eigenvalue weighted by Gasteiger charge is 2.36. The molecule has 1 fully saturated rings. The van der Waals surface area contributed by atoms with Gasteiger partial charge in [0.15, 0.2) is 0 Å². The quantitative estimate of drug-likeness (QED) is 0.514. The molecule has 0 aliphatic carbocycles. The number of piperazine rings is 1. The minimum atomic E-state index is -4.64. The van der Waals surface area contributed by atoms with Gasteiger partial charge in [-0.3, -0.25) is 4.79 Å². The molecule has 0 unspecified atom stereocenters. The van der Waals surface area contributed by atoms with Crippen molar-refractivity contribution in [3.05, 3.63) is 48.4 Å². The molecule has 2 aromatic heterocycles. The van der Waals surface area contributed by atoms with E-state index in [2.05, 4.69) is 27.6 Å². The molecule has 12 heteroatoms. The summed E-state index contributed by atoms with van der Waals surface area (Å²) in [7, 11) is 0. The highest BCUT2D eigenvalue weighted by Crippen LogP contribution is 2.46. The van der Waals surface area contributed by atoms with Crippen LogP contribution in [0.25, 0.3) is 22.0 Å². The number of hydrogen-bond donors (Lipinski definition) is 1. The van der Waals surface area contributed by atoms with Gasteiger partial charge in [0.05, 0.1) is 41.6 Å². The second-order valence-corrected chi connectivity index (χ2v) is 9.13. The molecule has 2 aliphatic heterocycles. The Morgan fingerprint density at radius 3 is 2.82 bits per heavy atom. The number of ether oxygens (including phenoxy) is 1. The molecule has 9 nitrogen and oxygen atoms in total. The fourth-order valence-corrected chi connectivity index (χ4v) is 5.18. The molecular formula is C26H24F3N7O2. The van der Waals surface area contributed by atoms with Gasteiger partial charge in [0.1, 0.15) is 23.7 Å². The Hall–Kier alpha value is -4.40. The van der Waals surface area contributed by atoms with Crippen LogP contribution in [-0.4, -0.2) is 58.0 Å². The lowest BCUT2D eigenvalue weighted by Gasteiger charge is -2.41. The van der Waals surface area contributed by atoms with Crippen molar-refractivity contribution < 1.29 is 22.7 Å². The summed E-state index contributed by atoms with van der Waals surface area (Å²) >= 11 is 0. The summed E-state index contributed by atoms with van der Waals surface area (Å²) in [6.45, 7) is 5.08. The third kappa shape index (κ3) is 4.44. The fourth-order valence-electron chi connectivity index (χ4n) is 5.18. The molecule has 4 heterocycles. The van der Waals surface area contributed by atoms with E-state index in [1.54, 1.807) is 11.0 Å². The van der Waals surface area contributed by atoms with Gasteiger partial charge < -0.3 is 20.3 Å². The van der Waals surface area contributed by atoms with Crippen molar-refractivity contribution in [2.75, 3.05) is 36.9 Å². The number of alkyl halides is 3. The predicted molar refractivity (Wildman–Crippen MR) is 134 cm³/mol. The number of carbonyl (C=O) groups is 1. The number of amides is 1. The smallest absolute Gasteiger partial charge is 0.417 e. The Balaban J connectivity index is 1.66. The molecule has 5 rings (SSSR count). The standard InChI is InChI=1S/C26H24F3N7O2/c1-2-22(37)36-8-7-35(13-15(36)5-6-30)25-23-20(33-14-34-25)10-17(16-4-3-9-38-24(16)23)18-12-32-21(31)11-19(18)26(27,28)29/h2,10-12,14-15H,1,3-5,7-9,13H2,(H2,31,32)/t15-/m0/s1. The van der Waals surface area contributed by atoms with Crippen LogP contribution in [0.2, 0.25) is 0 Å². The maximum atomic E-state index is 14.0. The SMILES string of the molecule is C=CC(=O)N1CCN(c2ncnc3cc(-c4cnc(N)cc4C(F)(F)F)c4c(c23)OCCC4)C[C@@H]1CC#N. The third-order valence-corrected chi connectivity index (χ3v) is 6.87. The molecular weight excluding hydrogens is 499 g/mol. The lowest BCUT2D eigenvalue weighted by molar-refractivity contribution is -0.137. The first-order valence-electron chi connectivity index (χ1n) is 12.0. The Morgan fingerprint density at radius 1 is 1.26 bits per heavy atom. The number of benzene rings is 1. The summed E-state index contributed by atoms with van der Waals surface area (Å²) in [6, 6.07) is 4.20. The van der Waals surface area contributed by atoms with E-state index in [9.17, 15) is 23.2 Å². The van der Waals surface area contributed by atoms with Crippen molar-refractivity contribution in [2.24, 2.45) is 0 Å². The fraction of sp³-hybridized carbons (Fsp3) is 0.346. The summed E-state index contributed by atoms with van der Waals surface area (Å²) in [4.78, 5) is 28.7. The average molecular weight is 524 g/mol. The summed E-state index contributed by atoms with van der Waals surface area (Å²) in [5.74, 6) is 0.503. The van der Waals surface area contributed by atoms with Gasteiger partial charge in [-0.15, -0.1) is 0 Å². The van der Waals surface area contributed by atoms with E-state index in [0.717, 1.165) is 12.3 Å². The second kappa shape index (κ2) is 9.81. The molecule has 1 saturated heterocycles. The van der Waals surface area contributed by atoms with E-state index in [0.29, 0.717) is 72.7 Å². The topological polar surface area (TPSA) is 121 Å². The largest absolute Gasteiger partial charge is 0.492 e. The van der Waals surface area contributed by atoms with E-state index in [1.807, 2.05) is 4.90 Å². The maximum Gasteiger partial charge on any atom is 0.417 e. The molecule has 38 heavy (non-hydrogen) atoms. The molecule has 3 aromatic rings. The van der Waals surface area contributed by atoms with Gasteiger partial charge in [-0.25, -0.2) is 15.0 Å². The highest BCUT2D eigenvalue weighted by molar-refractivity contribution is 6.00. The van der Waals surface area contributed by atoms with Gasteiger partial charge in [0.25, 0.3) is 0 Å². The number of rotatable bonds is 4. The van der Waals surface area contributed by atoms with Gasteiger partial charge >= 0.3 is 6.18 Å². The van der Waals surface area contributed by atoms with Crippen molar-refractivity contribution in [1.29, 1.82) is 5.26 Å². The zero-order valence-electron chi connectivity index (χ0n) is 20.3. The van der Waals surface area contributed by atoms with Crippen molar-refractivity contribution in [1.82, 2.24) is 19.9 Å². The number of anilines is 2. The van der Waals surface area contributed by atoms with Gasteiger partial charge in [0, 0.05) is 37.0 Å². The van der Waals surface area contributed by atoms with Crippen molar-refractivity contribution in [3.8, 4) is 22.9 Å². The van der Waals surface area contributed by atoms with Crippen LogP contribution < -0.4 is 15.4 Å². The number of carbonyl (C=O) groups excluding carboxylic acids is 1. The Bertz CT molecular complexity index is 1470. The number of nitrogen functional groups attached to an aromatic ring is 1. The number of nitrogens with zero attached hydrogens (tertiary/aromatic N) is 6. The second-order valence-electron chi connectivity index (χ2n) is 9.13. The summed E-state index contributed by atoms with van der Waals surface area (Å²) in [6.07, 6.45) is 0.330. The summed E-state index contributed by atoms with van der Waals surface area (Å²) in [5, 5.41) is 9.93. The summed E-state index contributed by atoms with van der Waals surface area (Å²) in [5.41, 5.74) is 5.98. The van der Waals surface area contributed by atoms with Crippen LogP contribution in [0.3, 0.4) is 0 Å². The van der Waals surface area contributed by atoms with E-state index in [1.165, 1.54) is 12.4 Å². The zero-order valence-corrected chi connectivity index (χ0v) is 20.3. The minimum Gasteiger partial charge on any atom is -0.492 e. The normalized spacial score (nSPS) is 17.5. The van der Waals surface area contributed by atoms with Crippen LogP contribution in [0, 0.1) is 11.3 Å². The molecule has 0 radical (unpaired) electrons. The van der Waals surface area contributed by atoms with Crippen molar-refractivity contribution in [3.63, 3.8) is 0 Å². The van der Waals surface area contributed by atoms with Crippen LogP contribution in [0.5, 0.6) is 5.75 Å². The zero-order chi connectivity index (χ0) is 27.0. The monoisotopic (exact) mass is 523 g/mol. The minimum absolute atomic E-state index is 0.0962. The van der Waals surface area contributed by atoms with Gasteiger partial charge in [-0.1, -0.05) is 6.58 Å². The molecule has 196 valence electrons. The van der Waals surface area contributed by atoms with Crippen molar-refractivity contribution in [2.45, 2.75) is 31.5 Å². The first kappa shape index (κ1) is 25.3. The lowest BCUT2D eigenvalue weighted by Crippen LogP contribution is -2.55. The van der Waals surface area contributed by atoms with Crippen LogP contribution in [0.15, 0.2) is 37.3 Å². The van der Waals surface area contributed by atoms with Gasteiger partial charge in [0.2, 0.25) is 5.91 Å². The molecule has 2 N–H and O–H groups in total. The number of hydrogen-bond acceptors (Lipinski definition) is 8. The van der Waals surface area contributed by atoms with Gasteiger partial charge in [-0.05, 0) is 36.6 Å². The molecule has 1 aromatic carbocycles. The molecule has 1 amide bonds. The summed E-state index contributed by atoms with van der Waals surface area (Å²) < 4.78 is 48.0. The Labute approximate surface area is 216 Å². The third-order valence-electron chi connectivity index (χ3n) is 6.87. The number of aromatic nitrogens is 3. The molecule has 0 bridgehead atoms. The number of pyridine rings is 1. The number of nitrogens with two attached hydrogens (primary N) is 1. The van der Waals surface area contributed by atoms with E-state index in [-0.39, 0.29) is 29.8 Å². The number of halogens is 3. The molecule has 0 spiro atoms.